The van der Waals surface area contributed by atoms with Gasteiger partial charge in [0.1, 0.15) is 12.0 Å². The maximum absolute atomic E-state index is 12.9. The monoisotopic (exact) mass is 242 g/mol. The van der Waals surface area contributed by atoms with Crippen molar-refractivity contribution in [3.05, 3.63) is 65.5 Å². The number of anilines is 1. The first-order valence-electron chi connectivity index (χ1n) is 5.66. The first-order chi connectivity index (χ1) is 8.74. The Bertz CT molecular complexity index is 595. The van der Waals surface area contributed by atoms with Gasteiger partial charge in [-0.25, -0.2) is 4.39 Å². The zero-order valence-electron chi connectivity index (χ0n) is 9.48. The maximum atomic E-state index is 12.9. The number of para-hydroxylation sites is 1. The second kappa shape index (κ2) is 4.14. The molecule has 18 heavy (non-hydrogen) atoms. The lowest BCUT2D eigenvalue weighted by atomic mass is 10.1. The van der Waals surface area contributed by atoms with Crippen LogP contribution in [-0.4, -0.2) is 5.91 Å². The van der Waals surface area contributed by atoms with Gasteiger partial charge in [-0.2, -0.15) is 0 Å². The van der Waals surface area contributed by atoms with E-state index in [2.05, 4.69) is 10.6 Å². The Labute approximate surface area is 104 Å². The summed E-state index contributed by atoms with van der Waals surface area (Å²) in [5, 5.41) is 6.04. The third kappa shape index (κ3) is 1.82. The van der Waals surface area contributed by atoms with Gasteiger partial charge in [-0.1, -0.05) is 24.3 Å². The highest BCUT2D eigenvalue weighted by molar-refractivity contribution is 6.01. The van der Waals surface area contributed by atoms with E-state index in [0.29, 0.717) is 5.56 Å². The second-order valence-electron chi connectivity index (χ2n) is 4.15. The van der Waals surface area contributed by atoms with Crippen LogP contribution in [0.5, 0.6) is 0 Å². The van der Waals surface area contributed by atoms with Crippen LogP contribution < -0.4 is 10.6 Å². The fourth-order valence-electron chi connectivity index (χ4n) is 2.03. The number of amides is 1. The van der Waals surface area contributed by atoms with Crippen molar-refractivity contribution in [3.63, 3.8) is 0 Å². The minimum atomic E-state index is -0.326. The lowest BCUT2D eigenvalue weighted by Crippen LogP contribution is -2.38. The molecule has 0 saturated carbocycles. The molecule has 1 aliphatic rings. The number of hydrogen-bond donors (Lipinski definition) is 2. The average molecular weight is 242 g/mol. The van der Waals surface area contributed by atoms with Crippen molar-refractivity contribution in [3.8, 4) is 0 Å². The molecule has 0 aromatic heterocycles. The molecule has 1 atom stereocenters. The van der Waals surface area contributed by atoms with E-state index in [-0.39, 0.29) is 17.9 Å². The van der Waals surface area contributed by atoms with E-state index >= 15 is 0 Å². The predicted molar refractivity (Wildman–Crippen MR) is 66.7 cm³/mol. The van der Waals surface area contributed by atoms with Crippen LogP contribution in [-0.2, 0) is 0 Å². The van der Waals surface area contributed by atoms with E-state index in [9.17, 15) is 9.18 Å². The number of nitrogens with one attached hydrogen (secondary N) is 2. The third-order valence-corrected chi connectivity index (χ3v) is 2.95. The Morgan fingerprint density at radius 1 is 0.944 bits per heavy atom. The van der Waals surface area contributed by atoms with Crippen molar-refractivity contribution < 1.29 is 9.18 Å². The minimum absolute atomic E-state index is 0.126. The molecule has 3 rings (SSSR count). The standard InChI is InChI=1S/C14H11FN2O/c15-10-7-5-9(6-8-10)13-16-12-4-2-1-3-11(12)14(18)17-13/h1-8,13,16H,(H,17,18). The molecule has 2 N–H and O–H groups in total. The summed E-state index contributed by atoms with van der Waals surface area (Å²) in [5.74, 6) is -0.417. The van der Waals surface area contributed by atoms with E-state index in [1.165, 1.54) is 12.1 Å². The van der Waals surface area contributed by atoms with E-state index in [1.54, 1.807) is 18.2 Å². The third-order valence-electron chi connectivity index (χ3n) is 2.95. The molecule has 1 heterocycles. The summed E-state index contributed by atoms with van der Waals surface area (Å²) < 4.78 is 12.9. The average Bonchev–Trinajstić information content (AvgIpc) is 2.39. The zero-order valence-corrected chi connectivity index (χ0v) is 9.48. The van der Waals surface area contributed by atoms with Gasteiger partial charge in [-0.3, -0.25) is 4.79 Å². The SMILES string of the molecule is O=C1NC(c2ccc(F)cc2)Nc2ccccc21. The predicted octanol–water partition coefficient (Wildman–Crippen LogP) is 2.68. The van der Waals surface area contributed by atoms with Crippen LogP contribution in [0, 0.1) is 5.82 Å². The van der Waals surface area contributed by atoms with Crippen molar-refractivity contribution >= 4 is 11.6 Å². The summed E-state index contributed by atoms with van der Waals surface area (Å²) >= 11 is 0. The maximum Gasteiger partial charge on any atom is 0.255 e. The van der Waals surface area contributed by atoms with Gasteiger partial charge in [0, 0.05) is 5.69 Å². The Morgan fingerprint density at radius 3 is 2.44 bits per heavy atom. The van der Waals surface area contributed by atoms with Crippen LogP contribution >= 0.6 is 0 Å². The quantitative estimate of drug-likeness (QED) is 0.807. The smallest absolute Gasteiger partial charge is 0.255 e. The van der Waals surface area contributed by atoms with E-state index < -0.39 is 0 Å². The number of fused-ring (bicyclic) bond motifs is 1. The number of halogens is 1. The molecule has 1 aliphatic heterocycles. The summed E-state index contributed by atoms with van der Waals surface area (Å²) in [6, 6.07) is 13.4. The number of benzene rings is 2. The van der Waals surface area contributed by atoms with Crippen molar-refractivity contribution in [1.29, 1.82) is 0 Å². The molecule has 1 amide bonds. The second-order valence-corrected chi connectivity index (χ2v) is 4.15. The largest absolute Gasteiger partial charge is 0.361 e. The van der Waals surface area contributed by atoms with Gasteiger partial charge in [0.25, 0.3) is 5.91 Å². The molecule has 3 nitrogen and oxygen atoms in total. The number of rotatable bonds is 1. The summed E-state index contributed by atoms with van der Waals surface area (Å²) in [5.41, 5.74) is 2.23. The van der Waals surface area contributed by atoms with Gasteiger partial charge in [0.05, 0.1) is 5.56 Å². The van der Waals surface area contributed by atoms with Crippen LogP contribution in [0.25, 0.3) is 0 Å². The van der Waals surface area contributed by atoms with E-state index in [0.717, 1.165) is 11.3 Å². The van der Waals surface area contributed by atoms with Crippen LogP contribution in [0.3, 0.4) is 0 Å². The lowest BCUT2D eigenvalue weighted by Gasteiger charge is -2.28. The Morgan fingerprint density at radius 2 is 1.67 bits per heavy atom. The van der Waals surface area contributed by atoms with Crippen LogP contribution in [0.2, 0.25) is 0 Å². The Kier molecular flexibility index (Phi) is 2.48. The molecular formula is C14H11FN2O. The molecule has 0 bridgehead atoms. The van der Waals surface area contributed by atoms with Crippen molar-refractivity contribution in [2.75, 3.05) is 5.32 Å². The Hall–Kier alpha value is -2.36. The van der Waals surface area contributed by atoms with Crippen LogP contribution in [0.4, 0.5) is 10.1 Å². The van der Waals surface area contributed by atoms with Crippen LogP contribution in [0.1, 0.15) is 22.1 Å². The topological polar surface area (TPSA) is 41.1 Å². The molecule has 90 valence electrons. The molecule has 2 aromatic rings. The Balaban J connectivity index is 1.94. The first-order valence-corrected chi connectivity index (χ1v) is 5.66. The molecule has 0 fully saturated rings. The van der Waals surface area contributed by atoms with E-state index in [4.69, 9.17) is 0 Å². The highest BCUT2D eigenvalue weighted by Gasteiger charge is 2.23. The molecule has 2 aromatic carbocycles. The van der Waals surface area contributed by atoms with Gasteiger partial charge in [0.15, 0.2) is 0 Å². The summed E-state index contributed by atoms with van der Waals surface area (Å²) in [7, 11) is 0. The molecule has 0 radical (unpaired) electrons. The molecular weight excluding hydrogens is 231 g/mol. The van der Waals surface area contributed by atoms with Crippen molar-refractivity contribution in [2.45, 2.75) is 6.17 Å². The van der Waals surface area contributed by atoms with Gasteiger partial charge in [-0.15, -0.1) is 0 Å². The summed E-state index contributed by atoms with van der Waals surface area (Å²) in [6.45, 7) is 0. The van der Waals surface area contributed by atoms with Crippen molar-refractivity contribution in [1.82, 2.24) is 5.32 Å². The normalized spacial score (nSPS) is 17.6. The highest BCUT2D eigenvalue weighted by atomic mass is 19.1. The molecule has 0 saturated heterocycles. The fraction of sp³-hybridized carbons (Fsp3) is 0.0714. The fourth-order valence-corrected chi connectivity index (χ4v) is 2.03. The van der Waals surface area contributed by atoms with Crippen molar-refractivity contribution in [2.24, 2.45) is 0 Å². The molecule has 4 heteroatoms. The number of carbonyl (C=O) groups excluding carboxylic acids is 1. The van der Waals surface area contributed by atoms with Gasteiger partial charge >= 0.3 is 0 Å². The highest BCUT2D eigenvalue weighted by Crippen LogP contribution is 2.26. The van der Waals surface area contributed by atoms with Gasteiger partial charge in [0.2, 0.25) is 0 Å². The molecule has 0 aliphatic carbocycles. The molecule has 0 spiro atoms. The minimum Gasteiger partial charge on any atom is -0.361 e. The zero-order chi connectivity index (χ0) is 12.5. The lowest BCUT2D eigenvalue weighted by molar-refractivity contribution is 0.0935. The first kappa shape index (κ1) is 10.8. The molecule has 1 unspecified atom stereocenters. The summed E-state index contributed by atoms with van der Waals surface area (Å²) in [6.07, 6.45) is -0.326. The summed E-state index contributed by atoms with van der Waals surface area (Å²) in [4.78, 5) is 11.9. The number of carbonyl (C=O) groups is 1. The van der Waals surface area contributed by atoms with E-state index in [1.807, 2.05) is 18.2 Å². The van der Waals surface area contributed by atoms with Gasteiger partial charge in [-0.05, 0) is 29.8 Å². The van der Waals surface area contributed by atoms with Crippen LogP contribution in [0.15, 0.2) is 48.5 Å². The number of hydrogen-bond acceptors (Lipinski definition) is 2. The van der Waals surface area contributed by atoms with Gasteiger partial charge < -0.3 is 10.6 Å².